The normalized spacial score (nSPS) is 17.1. The van der Waals surface area contributed by atoms with Crippen LogP contribution in [-0.4, -0.2) is 97.8 Å². The van der Waals surface area contributed by atoms with E-state index in [9.17, 15) is 36.0 Å². The number of carbonyl (C=O) groups excluding carboxylic acids is 4. The molecule has 0 unspecified atom stereocenters. The number of Topliss-reactive ketones (excluding diaryl/α,β-unsaturated/α-hetero) is 3. The molecule has 1 aromatic heterocycles. The first-order valence-electron chi connectivity index (χ1n) is 23.7. The van der Waals surface area contributed by atoms with E-state index < -0.39 is 26.1 Å². The number of likely N-dealkylation sites (N-methyl/N-ethyl adjacent to an activating group) is 1. The second kappa shape index (κ2) is 22.4. The van der Waals surface area contributed by atoms with E-state index in [0.29, 0.717) is 38.1 Å². The monoisotopic (exact) mass is 1000 g/mol. The second-order valence-corrected chi connectivity index (χ2v) is 22.2. The van der Waals surface area contributed by atoms with E-state index in [0.717, 1.165) is 69.2 Å². The number of nitrogens with zero attached hydrogens (tertiary/aromatic N) is 5. The molecule has 4 heterocycles. The molecule has 0 radical (unpaired) electrons. The molecule has 3 aliphatic heterocycles. The Bertz CT molecular complexity index is 3150. The summed E-state index contributed by atoms with van der Waals surface area (Å²) in [6, 6.07) is 31.3. The fraction of sp³-hybridized carbons (Fsp3) is 0.364. The summed E-state index contributed by atoms with van der Waals surface area (Å²) in [5, 5.41) is 5.26. The highest BCUT2D eigenvalue weighted by Crippen LogP contribution is 2.31. The Morgan fingerprint density at radius 1 is 0.662 bits per heavy atom. The molecule has 2 atom stereocenters. The van der Waals surface area contributed by atoms with Crippen LogP contribution in [0.4, 0.5) is 5.69 Å². The second-order valence-electron chi connectivity index (χ2n) is 18.4. The number of benzene rings is 5. The van der Waals surface area contributed by atoms with Gasteiger partial charge in [0.15, 0.2) is 5.78 Å². The SMILES string of the molecule is C.CC[C@@H]1CCCN1S(=O)(=O)c1ccc(CC(=O)Cc2ccc3c(c2)CC(=O)N3C)cc1.COc1cccc(CC(=O)[C@@H]2CCCN2S(=O)(=O)c2ccc(CC(=O)Cc3ccc4cnn(C)c4c3)cc2)c1. The molecule has 0 spiro atoms. The Hall–Kier alpha value is -6.33. The van der Waals surface area contributed by atoms with E-state index >= 15 is 0 Å². The van der Waals surface area contributed by atoms with E-state index in [4.69, 9.17) is 4.74 Å². The van der Waals surface area contributed by atoms with Gasteiger partial charge in [-0.05, 0) is 114 Å². The number of fused-ring (bicyclic) bond motifs is 2. The smallest absolute Gasteiger partial charge is 0.243 e. The topological polar surface area (TPSA) is 173 Å². The molecule has 0 bridgehead atoms. The lowest BCUT2D eigenvalue weighted by molar-refractivity contribution is -0.121. The number of aryl methyl sites for hydroxylation is 1. The quantitative estimate of drug-likeness (QED) is 0.0883. The van der Waals surface area contributed by atoms with Crippen molar-refractivity contribution in [1.82, 2.24) is 18.4 Å². The highest BCUT2D eigenvalue weighted by molar-refractivity contribution is 7.89. The van der Waals surface area contributed by atoms with Gasteiger partial charge < -0.3 is 9.64 Å². The van der Waals surface area contributed by atoms with Crippen molar-refractivity contribution in [2.45, 2.75) is 107 Å². The van der Waals surface area contributed by atoms with Crippen LogP contribution in [0.1, 0.15) is 79.8 Å². The number of hydrogen-bond donors (Lipinski definition) is 0. The summed E-state index contributed by atoms with van der Waals surface area (Å²) in [5.74, 6) is 0.682. The van der Waals surface area contributed by atoms with Crippen molar-refractivity contribution in [2.75, 3.05) is 32.1 Å². The zero-order chi connectivity index (χ0) is 49.7. The number of methoxy groups -OCH3 is 1. The molecule has 1 amide bonds. The minimum absolute atomic E-state index is 0. The average Bonchev–Trinajstić information content (AvgIpc) is 4.17. The highest BCUT2D eigenvalue weighted by atomic mass is 32.2. The van der Waals surface area contributed by atoms with Gasteiger partial charge in [0, 0.05) is 76.4 Å². The number of aromatic nitrogens is 2. The molecule has 14 nitrogen and oxygen atoms in total. The van der Waals surface area contributed by atoms with Gasteiger partial charge in [-0.3, -0.25) is 23.9 Å². The minimum Gasteiger partial charge on any atom is -0.497 e. The van der Waals surface area contributed by atoms with E-state index in [1.807, 2.05) is 62.5 Å². The number of anilines is 1. The summed E-state index contributed by atoms with van der Waals surface area (Å²) in [7, 11) is -2.16. The first-order valence-corrected chi connectivity index (χ1v) is 26.6. The van der Waals surface area contributed by atoms with Crippen LogP contribution in [0, 0.1) is 0 Å². The van der Waals surface area contributed by atoms with Crippen LogP contribution >= 0.6 is 0 Å². The fourth-order valence-electron chi connectivity index (χ4n) is 9.78. The largest absolute Gasteiger partial charge is 0.497 e. The first kappa shape index (κ1) is 52.5. The lowest BCUT2D eigenvalue weighted by Crippen LogP contribution is -2.41. The summed E-state index contributed by atoms with van der Waals surface area (Å²) >= 11 is 0. The van der Waals surface area contributed by atoms with E-state index in [-0.39, 0.29) is 78.6 Å². The molecule has 2 saturated heterocycles. The number of ketones is 3. The number of amides is 1. The van der Waals surface area contributed by atoms with Crippen molar-refractivity contribution in [3.63, 3.8) is 0 Å². The van der Waals surface area contributed by atoms with Crippen molar-refractivity contribution >= 4 is 59.9 Å². The number of ether oxygens (including phenoxy) is 1. The Morgan fingerprint density at radius 2 is 1.21 bits per heavy atom. The van der Waals surface area contributed by atoms with Crippen LogP contribution in [0.3, 0.4) is 0 Å². The van der Waals surface area contributed by atoms with Gasteiger partial charge >= 0.3 is 0 Å². The van der Waals surface area contributed by atoms with Crippen LogP contribution in [0.2, 0.25) is 0 Å². The molecule has 0 N–H and O–H groups in total. The maximum absolute atomic E-state index is 13.5. The Balaban J connectivity index is 0.000000211. The predicted octanol–water partition coefficient (Wildman–Crippen LogP) is 7.66. The summed E-state index contributed by atoms with van der Waals surface area (Å²) < 4.78 is 62.8. The number of hydrogen-bond acceptors (Lipinski definition) is 10. The predicted molar refractivity (Wildman–Crippen MR) is 275 cm³/mol. The molecule has 2 fully saturated rings. The van der Waals surface area contributed by atoms with Crippen LogP contribution < -0.4 is 9.64 Å². The third kappa shape index (κ3) is 11.9. The van der Waals surface area contributed by atoms with Gasteiger partial charge in [-0.1, -0.05) is 75.0 Å². The van der Waals surface area contributed by atoms with Crippen LogP contribution in [0.15, 0.2) is 125 Å². The first-order chi connectivity index (χ1) is 33.5. The highest BCUT2D eigenvalue weighted by Gasteiger charge is 2.39. The van der Waals surface area contributed by atoms with Gasteiger partial charge in [-0.25, -0.2) is 16.8 Å². The van der Waals surface area contributed by atoms with Gasteiger partial charge in [-0.2, -0.15) is 13.7 Å². The lowest BCUT2D eigenvalue weighted by Gasteiger charge is -2.23. The third-order valence-electron chi connectivity index (χ3n) is 13.6. The van der Waals surface area contributed by atoms with Gasteiger partial charge in [0.25, 0.3) is 0 Å². The van der Waals surface area contributed by atoms with Crippen LogP contribution in [0.5, 0.6) is 5.75 Å². The van der Waals surface area contributed by atoms with Crippen molar-refractivity contribution in [3.05, 3.63) is 149 Å². The van der Waals surface area contributed by atoms with E-state index in [1.165, 1.54) is 16.4 Å². The zero-order valence-electron chi connectivity index (χ0n) is 40.0. The Morgan fingerprint density at radius 3 is 1.85 bits per heavy atom. The van der Waals surface area contributed by atoms with Crippen LogP contribution in [-0.2, 0) is 84.8 Å². The van der Waals surface area contributed by atoms with Crippen LogP contribution in [0.25, 0.3) is 10.9 Å². The summed E-state index contributed by atoms with van der Waals surface area (Å²) in [4.78, 5) is 52.3. The average molecular weight is 1000 g/mol. The number of rotatable bonds is 17. The van der Waals surface area contributed by atoms with E-state index in [2.05, 4.69) is 5.10 Å². The molecule has 0 saturated carbocycles. The van der Waals surface area contributed by atoms with Gasteiger partial charge in [0.2, 0.25) is 26.0 Å². The van der Waals surface area contributed by atoms with Crippen molar-refractivity contribution in [3.8, 4) is 5.75 Å². The lowest BCUT2D eigenvalue weighted by atomic mass is 10.0. The number of sulfonamides is 2. The minimum atomic E-state index is -3.86. The van der Waals surface area contributed by atoms with E-state index in [1.54, 1.807) is 82.8 Å². The fourth-order valence-corrected chi connectivity index (χ4v) is 13.2. The molecule has 6 aromatic rings. The molecule has 9 rings (SSSR count). The molecule has 0 aliphatic carbocycles. The maximum Gasteiger partial charge on any atom is 0.243 e. The molecule has 374 valence electrons. The van der Waals surface area contributed by atoms with Crippen molar-refractivity contribution in [1.29, 1.82) is 0 Å². The third-order valence-corrected chi connectivity index (χ3v) is 17.5. The Kier molecular flexibility index (Phi) is 16.6. The summed E-state index contributed by atoms with van der Waals surface area (Å²) in [5.41, 5.74) is 6.97. The molecule has 16 heteroatoms. The van der Waals surface area contributed by atoms with Crippen molar-refractivity contribution in [2.24, 2.45) is 7.05 Å². The maximum atomic E-state index is 13.5. The zero-order valence-corrected chi connectivity index (χ0v) is 41.7. The molecule has 3 aliphatic rings. The molecule has 71 heavy (non-hydrogen) atoms. The summed E-state index contributed by atoms with van der Waals surface area (Å²) in [6.07, 6.45) is 7.09. The van der Waals surface area contributed by atoms with Gasteiger partial charge in [0.1, 0.15) is 17.3 Å². The van der Waals surface area contributed by atoms with Crippen molar-refractivity contribution < 1.29 is 40.8 Å². The molecule has 5 aromatic carbocycles. The number of carbonyl (C=O) groups is 4. The molecular formula is C55H63N5O9S2. The van der Waals surface area contributed by atoms with Gasteiger partial charge in [0.05, 0.1) is 41.1 Å². The molecular weight excluding hydrogens is 939 g/mol. The van der Waals surface area contributed by atoms with Gasteiger partial charge in [-0.15, -0.1) is 0 Å². The standard InChI is InChI=1S/C30H31N3O5S.C24H28N2O4S.CH4/c1-32-29-18-23(8-11-24(29)20-31-32)16-25(34)15-21-9-12-27(13-10-21)39(36,37)33-14-4-7-28(33)30(35)19-22-5-3-6-26(17-22)38-2;1-3-20-5-4-12-26(20)31(29,30)22-9-6-17(7-10-22)14-21(27)15-18-8-11-23-19(13-18)16-24(28)25(23)2;/h3,5-6,8-13,17-18,20,28H,4,7,14-16,19H2,1-2H3;6-11,13,20H,3-5,12,14-16H2,1-2H3;1H4/t28-;20-;/m01./s1. The summed E-state index contributed by atoms with van der Waals surface area (Å²) in [6.45, 7) is 2.89. The Labute approximate surface area is 417 Å².